The molecule has 0 unspecified atom stereocenters. The first-order chi connectivity index (χ1) is 11.6. The van der Waals surface area contributed by atoms with Crippen LogP contribution < -0.4 is 14.4 Å². The molecule has 5 heteroatoms. The van der Waals surface area contributed by atoms with E-state index in [0.29, 0.717) is 28.3 Å². The lowest BCUT2D eigenvalue weighted by molar-refractivity contribution is -0.122. The van der Waals surface area contributed by atoms with E-state index in [2.05, 4.69) is 0 Å². The van der Waals surface area contributed by atoms with Gasteiger partial charge in [0, 0.05) is 18.1 Å². The zero-order valence-corrected chi connectivity index (χ0v) is 13.7. The predicted molar refractivity (Wildman–Crippen MR) is 92.0 cm³/mol. The normalized spacial score (nSPS) is 14.7. The summed E-state index contributed by atoms with van der Waals surface area (Å²) in [7, 11) is 3.14. The molecule has 0 radical (unpaired) electrons. The van der Waals surface area contributed by atoms with E-state index < -0.39 is 0 Å². The molecule has 0 fully saturated rings. The van der Waals surface area contributed by atoms with Crippen LogP contribution in [0.15, 0.2) is 42.5 Å². The van der Waals surface area contributed by atoms with Crippen LogP contribution in [-0.4, -0.2) is 26.0 Å². The van der Waals surface area contributed by atoms with Crippen LogP contribution in [0.1, 0.15) is 18.1 Å². The average molecular weight is 323 g/mol. The van der Waals surface area contributed by atoms with Crippen molar-refractivity contribution in [2.45, 2.75) is 6.92 Å². The van der Waals surface area contributed by atoms with Gasteiger partial charge in [0.05, 0.1) is 25.5 Å². The first-order valence-corrected chi connectivity index (χ1v) is 7.45. The van der Waals surface area contributed by atoms with E-state index in [1.807, 2.05) is 12.1 Å². The number of fused-ring (bicyclic) bond motifs is 1. The Morgan fingerprint density at radius 2 is 1.83 bits per heavy atom. The largest absolute Gasteiger partial charge is 0.497 e. The summed E-state index contributed by atoms with van der Waals surface area (Å²) in [6.45, 7) is 1.38. The molecular formula is C19H17NO4. The van der Waals surface area contributed by atoms with Gasteiger partial charge in [-0.25, -0.2) is 4.90 Å². The van der Waals surface area contributed by atoms with Gasteiger partial charge in [-0.2, -0.15) is 0 Å². The Labute approximate surface area is 140 Å². The highest BCUT2D eigenvalue weighted by Crippen LogP contribution is 2.39. The molecule has 3 rings (SSSR count). The molecule has 0 saturated carbocycles. The SMILES string of the molecule is COc1ccc(OC)c(C=C2C(=O)N(C(C)=O)c3ccccc32)c1. The molecule has 5 nitrogen and oxygen atoms in total. The van der Waals surface area contributed by atoms with Crippen molar-refractivity contribution in [1.29, 1.82) is 0 Å². The second-order valence-electron chi connectivity index (χ2n) is 5.34. The summed E-state index contributed by atoms with van der Waals surface area (Å²) in [5.41, 5.74) is 2.48. The number of carbonyl (C=O) groups excluding carboxylic acids is 2. The smallest absolute Gasteiger partial charge is 0.265 e. The van der Waals surface area contributed by atoms with Crippen LogP contribution in [0.25, 0.3) is 11.6 Å². The van der Waals surface area contributed by atoms with Gasteiger partial charge in [0.25, 0.3) is 5.91 Å². The van der Waals surface area contributed by atoms with Crippen LogP contribution in [-0.2, 0) is 9.59 Å². The second-order valence-corrected chi connectivity index (χ2v) is 5.34. The first kappa shape index (κ1) is 15.8. The Morgan fingerprint density at radius 1 is 1.08 bits per heavy atom. The van der Waals surface area contributed by atoms with Crippen molar-refractivity contribution in [3.63, 3.8) is 0 Å². The quantitative estimate of drug-likeness (QED) is 0.814. The molecule has 2 aromatic rings. The minimum atomic E-state index is -0.339. The Morgan fingerprint density at radius 3 is 2.50 bits per heavy atom. The minimum absolute atomic E-state index is 0.312. The molecule has 1 aliphatic rings. The fraction of sp³-hybridized carbons (Fsp3) is 0.158. The van der Waals surface area contributed by atoms with Gasteiger partial charge in [0.15, 0.2) is 0 Å². The summed E-state index contributed by atoms with van der Waals surface area (Å²) < 4.78 is 10.6. The third-order valence-corrected chi connectivity index (χ3v) is 3.92. The van der Waals surface area contributed by atoms with Crippen LogP contribution in [0.5, 0.6) is 11.5 Å². The molecule has 2 aromatic carbocycles. The van der Waals surface area contributed by atoms with Crippen molar-refractivity contribution in [3.8, 4) is 11.5 Å². The van der Waals surface area contributed by atoms with Crippen molar-refractivity contribution < 1.29 is 19.1 Å². The van der Waals surface area contributed by atoms with Crippen LogP contribution in [0.4, 0.5) is 5.69 Å². The van der Waals surface area contributed by atoms with Crippen molar-refractivity contribution in [2.24, 2.45) is 0 Å². The van der Waals surface area contributed by atoms with Crippen molar-refractivity contribution in [3.05, 3.63) is 53.6 Å². The highest BCUT2D eigenvalue weighted by Gasteiger charge is 2.34. The molecule has 0 atom stereocenters. The maximum atomic E-state index is 12.7. The molecule has 0 bridgehead atoms. The molecular weight excluding hydrogens is 306 g/mol. The van der Waals surface area contributed by atoms with Gasteiger partial charge in [-0.05, 0) is 30.3 Å². The number of para-hydroxylation sites is 1. The fourth-order valence-corrected chi connectivity index (χ4v) is 2.80. The van der Waals surface area contributed by atoms with Crippen LogP contribution in [0.2, 0.25) is 0 Å². The molecule has 24 heavy (non-hydrogen) atoms. The maximum absolute atomic E-state index is 12.7. The molecule has 0 aliphatic carbocycles. The molecule has 0 aromatic heterocycles. The number of benzene rings is 2. The third kappa shape index (κ3) is 2.54. The van der Waals surface area contributed by atoms with Gasteiger partial charge in [0.1, 0.15) is 11.5 Å². The molecule has 0 saturated heterocycles. The van der Waals surface area contributed by atoms with Gasteiger partial charge >= 0.3 is 0 Å². The van der Waals surface area contributed by atoms with Gasteiger partial charge in [-0.3, -0.25) is 9.59 Å². The monoisotopic (exact) mass is 323 g/mol. The number of carbonyl (C=O) groups is 2. The molecule has 2 amide bonds. The van der Waals surface area contributed by atoms with Crippen molar-refractivity contribution in [1.82, 2.24) is 0 Å². The van der Waals surface area contributed by atoms with E-state index >= 15 is 0 Å². The van der Waals surface area contributed by atoms with Gasteiger partial charge in [-0.15, -0.1) is 0 Å². The lowest BCUT2D eigenvalue weighted by atomic mass is 10.0. The summed E-state index contributed by atoms with van der Waals surface area (Å²) in [5, 5.41) is 0. The predicted octanol–water partition coefficient (Wildman–Crippen LogP) is 3.14. The summed E-state index contributed by atoms with van der Waals surface area (Å²) in [4.78, 5) is 25.8. The standard InChI is InChI=1S/C19H17NO4/c1-12(21)20-17-7-5-4-6-15(17)16(19(20)22)11-13-10-14(23-2)8-9-18(13)24-3/h4-11H,1-3H3. The molecule has 122 valence electrons. The van der Waals surface area contributed by atoms with Crippen LogP contribution in [0.3, 0.4) is 0 Å². The van der Waals surface area contributed by atoms with Gasteiger partial charge in [-0.1, -0.05) is 18.2 Å². The summed E-state index contributed by atoms with van der Waals surface area (Å²) in [6, 6.07) is 12.6. The highest BCUT2D eigenvalue weighted by atomic mass is 16.5. The van der Waals surface area contributed by atoms with Crippen molar-refractivity contribution >= 4 is 29.2 Å². The van der Waals surface area contributed by atoms with E-state index in [1.54, 1.807) is 50.6 Å². The zero-order chi connectivity index (χ0) is 17.3. The Balaban J connectivity index is 2.18. The number of hydrogen-bond donors (Lipinski definition) is 0. The number of ether oxygens (including phenoxy) is 2. The summed E-state index contributed by atoms with van der Waals surface area (Å²) >= 11 is 0. The number of hydrogen-bond acceptors (Lipinski definition) is 4. The second kappa shape index (κ2) is 6.20. The average Bonchev–Trinajstić information content (AvgIpc) is 2.87. The number of anilines is 1. The van der Waals surface area contributed by atoms with E-state index in [9.17, 15) is 9.59 Å². The van der Waals surface area contributed by atoms with Crippen LogP contribution in [0, 0.1) is 0 Å². The minimum Gasteiger partial charge on any atom is -0.497 e. The Bertz CT molecular complexity index is 854. The first-order valence-electron chi connectivity index (χ1n) is 7.45. The molecule has 0 N–H and O–H groups in total. The van der Waals surface area contributed by atoms with E-state index in [0.717, 1.165) is 5.56 Å². The van der Waals surface area contributed by atoms with Gasteiger partial charge in [0.2, 0.25) is 5.91 Å². The Kier molecular flexibility index (Phi) is 4.08. The summed E-state index contributed by atoms with van der Waals surface area (Å²) in [5.74, 6) is 0.627. The maximum Gasteiger partial charge on any atom is 0.265 e. The van der Waals surface area contributed by atoms with Gasteiger partial charge < -0.3 is 9.47 Å². The molecule has 1 heterocycles. The number of imide groups is 1. The van der Waals surface area contributed by atoms with Crippen LogP contribution >= 0.6 is 0 Å². The number of amides is 2. The molecule has 1 aliphatic heterocycles. The highest BCUT2D eigenvalue weighted by molar-refractivity contribution is 6.42. The lowest BCUT2D eigenvalue weighted by Crippen LogP contribution is -2.31. The third-order valence-electron chi connectivity index (χ3n) is 3.92. The van der Waals surface area contributed by atoms with E-state index in [-0.39, 0.29) is 11.8 Å². The summed E-state index contributed by atoms with van der Waals surface area (Å²) in [6.07, 6.45) is 1.73. The topological polar surface area (TPSA) is 55.8 Å². The fourth-order valence-electron chi connectivity index (χ4n) is 2.80. The van der Waals surface area contributed by atoms with E-state index in [4.69, 9.17) is 9.47 Å². The van der Waals surface area contributed by atoms with E-state index in [1.165, 1.54) is 11.8 Å². The Hall–Kier alpha value is -3.08. The zero-order valence-electron chi connectivity index (χ0n) is 13.7. The molecule has 0 spiro atoms. The number of rotatable bonds is 3. The number of nitrogens with zero attached hydrogens (tertiary/aromatic N) is 1. The lowest BCUT2D eigenvalue weighted by Gasteiger charge is -2.11. The van der Waals surface area contributed by atoms with Crippen molar-refractivity contribution in [2.75, 3.05) is 19.1 Å². The number of methoxy groups -OCH3 is 2.